The van der Waals surface area contributed by atoms with Crippen LogP contribution in [0.5, 0.6) is 0 Å². The van der Waals surface area contributed by atoms with Gasteiger partial charge in [-0.1, -0.05) is 47.6 Å². The molecule has 0 unspecified atom stereocenters. The number of rotatable bonds is 7. The monoisotopic (exact) mass is 436 g/mol. The fourth-order valence-electron chi connectivity index (χ4n) is 2.68. The van der Waals surface area contributed by atoms with Gasteiger partial charge < -0.3 is 4.57 Å². The van der Waals surface area contributed by atoms with Crippen molar-refractivity contribution >= 4 is 33.4 Å². The Balaban J connectivity index is 1.83. The molecule has 0 bridgehead atoms. The van der Waals surface area contributed by atoms with Crippen LogP contribution in [0.4, 0.5) is 0 Å². The van der Waals surface area contributed by atoms with Gasteiger partial charge in [0.2, 0.25) is 10.0 Å². The summed E-state index contributed by atoms with van der Waals surface area (Å²) in [5.41, 5.74) is 1.82. The van der Waals surface area contributed by atoms with Crippen molar-refractivity contribution in [2.45, 2.75) is 29.3 Å². The van der Waals surface area contributed by atoms with E-state index in [9.17, 15) is 8.42 Å². The lowest BCUT2D eigenvalue weighted by Gasteiger charge is -2.12. The zero-order valence-electron chi connectivity index (χ0n) is 15.8. The average molecular weight is 437 g/mol. The summed E-state index contributed by atoms with van der Waals surface area (Å²) in [5, 5.41) is 10.1. The molecule has 3 rings (SSSR count). The number of halogens is 1. The minimum atomic E-state index is -3.45. The Morgan fingerprint density at radius 1 is 1.11 bits per heavy atom. The molecule has 0 aliphatic carbocycles. The van der Waals surface area contributed by atoms with Crippen molar-refractivity contribution in [3.63, 3.8) is 0 Å². The van der Waals surface area contributed by atoms with Crippen molar-refractivity contribution in [3.05, 3.63) is 59.1 Å². The molecule has 2 aromatic carbocycles. The van der Waals surface area contributed by atoms with Gasteiger partial charge in [-0.3, -0.25) is 0 Å². The van der Waals surface area contributed by atoms with Crippen LogP contribution in [0, 0.1) is 0 Å². The smallest absolute Gasteiger partial charge is 0.242 e. The first-order chi connectivity index (χ1) is 13.3. The Hall–Kier alpha value is -1.87. The summed E-state index contributed by atoms with van der Waals surface area (Å²) < 4.78 is 27.9. The molecule has 3 aromatic rings. The molecule has 6 nitrogen and oxygen atoms in total. The molecule has 28 heavy (non-hydrogen) atoms. The van der Waals surface area contributed by atoms with Crippen LogP contribution < -0.4 is 0 Å². The Morgan fingerprint density at radius 3 is 2.54 bits per heavy atom. The molecule has 0 saturated carbocycles. The molecule has 0 fully saturated rings. The molecule has 148 valence electrons. The highest BCUT2D eigenvalue weighted by Crippen LogP contribution is 2.28. The lowest BCUT2D eigenvalue weighted by atomic mass is 10.2. The number of thioether (sulfide) groups is 1. The van der Waals surface area contributed by atoms with E-state index in [1.807, 2.05) is 41.8 Å². The second-order valence-corrected chi connectivity index (χ2v) is 9.82. The Labute approximate surface area is 174 Å². The molecule has 0 aliphatic rings. The second-order valence-electron chi connectivity index (χ2n) is 6.28. The predicted octanol–water partition coefficient (Wildman–Crippen LogP) is 4.16. The van der Waals surface area contributed by atoms with Crippen LogP contribution >= 0.6 is 23.4 Å². The first-order valence-electron chi connectivity index (χ1n) is 8.66. The van der Waals surface area contributed by atoms with Crippen LogP contribution in [0.25, 0.3) is 11.4 Å². The van der Waals surface area contributed by atoms with Crippen LogP contribution in [0.3, 0.4) is 0 Å². The largest absolute Gasteiger partial charge is 0.302 e. The fraction of sp³-hybridized carbons (Fsp3) is 0.263. The van der Waals surface area contributed by atoms with Gasteiger partial charge in [-0.05, 0) is 36.8 Å². The van der Waals surface area contributed by atoms with Crippen LogP contribution in [0.1, 0.15) is 12.5 Å². The van der Waals surface area contributed by atoms with Gasteiger partial charge in [-0.25, -0.2) is 12.7 Å². The quantitative estimate of drug-likeness (QED) is 0.520. The molecule has 0 atom stereocenters. The minimum absolute atomic E-state index is 0.284. The first-order valence-corrected chi connectivity index (χ1v) is 11.5. The van der Waals surface area contributed by atoms with Crippen molar-refractivity contribution < 1.29 is 8.42 Å². The topological polar surface area (TPSA) is 68.1 Å². The standard InChI is InChI=1S/C19H21ClN4O2S2/c1-4-24-18(15-8-6-9-16(20)12-15)21-22-19(24)27-13-14-7-5-10-17(11-14)28(25,26)23(2)3/h5-12H,4,13H2,1-3H3. The summed E-state index contributed by atoms with van der Waals surface area (Å²) in [6, 6.07) is 14.5. The van der Waals surface area contributed by atoms with Crippen LogP contribution in [-0.4, -0.2) is 41.6 Å². The van der Waals surface area contributed by atoms with Gasteiger partial charge >= 0.3 is 0 Å². The molecule has 0 aliphatic heterocycles. The summed E-state index contributed by atoms with van der Waals surface area (Å²) in [6.45, 7) is 2.75. The van der Waals surface area contributed by atoms with Gasteiger partial charge in [0.25, 0.3) is 0 Å². The Kier molecular flexibility index (Phi) is 6.44. The van der Waals surface area contributed by atoms with E-state index in [0.717, 1.165) is 22.1 Å². The molecule has 0 saturated heterocycles. The molecule has 0 radical (unpaired) electrons. The van der Waals surface area contributed by atoms with Crippen molar-refractivity contribution in [3.8, 4) is 11.4 Å². The molecule has 0 amide bonds. The maximum absolute atomic E-state index is 12.3. The highest BCUT2D eigenvalue weighted by Gasteiger charge is 2.18. The summed E-state index contributed by atoms with van der Waals surface area (Å²) >= 11 is 7.62. The number of nitrogens with zero attached hydrogens (tertiary/aromatic N) is 4. The average Bonchev–Trinajstić information content (AvgIpc) is 3.09. The van der Waals surface area contributed by atoms with Gasteiger partial charge in [0.05, 0.1) is 4.90 Å². The summed E-state index contributed by atoms with van der Waals surface area (Å²) in [6.07, 6.45) is 0. The second kappa shape index (κ2) is 8.65. The Morgan fingerprint density at radius 2 is 1.86 bits per heavy atom. The van der Waals surface area contributed by atoms with Crippen LogP contribution in [0.2, 0.25) is 5.02 Å². The van der Waals surface area contributed by atoms with E-state index in [0.29, 0.717) is 17.3 Å². The fourth-order valence-corrected chi connectivity index (χ4v) is 4.78. The van der Waals surface area contributed by atoms with E-state index < -0.39 is 10.0 Å². The van der Waals surface area contributed by atoms with Crippen molar-refractivity contribution in [1.29, 1.82) is 0 Å². The Bertz CT molecular complexity index is 1080. The third kappa shape index (κ3) is 4.41. The summed E-state index contributed by atoms with van der Waals surface area (Å²) in [7, 11) is -0.401. The van der Waals surface area contributed by atoms with Crippen molar-refractivity contribution in [2.24, 2.45) is 0 Å². The van der Waals surface area contributed by atoms with E-state index in [1.165, 1.54) is 30.2 Å². The summed E-state index contributed by atoms with van der Waals surface area (Å²) in [5.74, 6) is 1.35. The third-order valence-corrected chi connectivity index (χ3v) is 7.24. The highest BCUT2D eigenvalue weighted by atomic mass is 35.5. The molecular formula is C19H21ClN4O2S2. The van der Waals surface area contributed by atoms with E-state index in [1.54, 1.807) is 18.2 Å². The van der Waals surface area contributed by atoms with Gasteiger partial charge in [-0.2, -0.15) is 0 Å². The zero-order valence-corrected chi connectivity index (χ0v) is 18.2. The normalized spacial score (nSPS) is 11.9. The maximum Gasteiger partial charge on any atom is 0.242 e. The van der Waals surface area contributed by atoms with E-state index in [4.69, 9.17) is 11.6 Å². The highest BCUT2D eigenvalue weighted by molar-refractivity contribution is 7.98. The number of hydrogen-bond donors (Lipinski definition) is 0. The van der Waals surface area contributed by atoms with Crippen LogP contribution in [0.15, 0.2) is 58.6 Å². The van der Waals surface area contributed by atoms with Gasteiger partial charge in [-0.15, -0.1) is 10.2 Å². The molecule has 9 heteroatoms. The lowest BCUT2D eigenvalue weighted by Crippen LogP contribution is -2.22. The minimum Gasteiger partial charge on any atom is -0.302 e. The van der Waals surface area contributed by atoms with Gasteiger partial charge in [0.15, 0.2) is 11.0 Å². The maximum atomic E-state index is 12.3. The molecule has 0 spiro atoms. The van der Waals surface area contributed by atoms with Crippen LogP contribution in [-0.2, 0) is 22.3 Å². The van der Waals surface area contributed by atoms with Crippen molar-refractivity contribution in [2.75, 3.05) is 14.1 Å². The zero-order chi connectivity index (χ0) is 20.3. The third-order valence-electron chi connectivity index (χ3n) is 4.16. The number of hydrogen-bond acceptors (Lipinski definition) is 5. The van der Waals surface area contributed by atoms with E-state index in [2.05, 4.69) is 10.2 Å². The first kappa shape index (κ1) is 20.9. The molecule has 1 heterocycles. The SMILES string of the molecule is CCn1c(SCc2cccc(S(=O)(=O)N(C)C)c2)nnc1-c1cccc(Cl)c1. The molecule has 0 N–H and O–H groups in total. The van der Waals surface area contributed by atoms with Gasteiger partial charge in [0, 0.05) is 37.0 Å². The number of benzene rings is 2. The van der Waals surface area contributed by atoms with E-state index in [-0.39, 0.29) is 4.90 Å². The predicted molar refractivity (Wildman–Crippen MR) is 113 cm³/mol. The number of sulfonamides is 1. The number of aromatic nitrogens is 3. The molecule has 1 aromatic heterocycles. The lowest BCUT2D eigenvalue weighted by molar-refractivity contribution is 0.520. The van der Waals surface area contributed by atoms with Gasteiger partial charge in [0.1, 0.15) is 0 Å². The van der Waals surface area contributed by atoms with Crippen molar-refractivity contribution in [1.82, 2.24) is 19.1 Å². The molecular weight excluding hydrogens is 416 g/mol. The van der Waals surface area contributed by atoms with E-state index >= 15 is 0 Å². The summed E-state index contributed by atoms with van der Waals surface area (Å²) in [4.78, 5) is 0.284.